The third-order valence-corrected chi connectivity index (χ3v) is 11.9. The number of halogens is 2. The molecule has 0 spiro atoms. The number of carboxylic acid groups (broad SMARTS) is 1. The van der Waals surface area contributed by atoms with Gasteiger partial charge in [0.25, 0.3) is 5.91 Å². The van der Waals surface area contributed by atoms with Gasteiger partial charge in [-0.05, 0) is 94.8 Å². The Labute approximate surface area is 350 Å². The fourth-order valence-corrected chi connectivity index (χ4v) is 7.89. The average molecular weight is 830 g/mol. The Morgan fingerprint density at radius 1 is 0.898 bits per heavy atom. The van der Waals surface area contributed by atoms with Crippen molar-refractivity contribution in [3.05, 3.63) is 147 Å². The minimum absolute atomic E-state index is 0.0289. The SMILES string of the molecule is N#Cc1ccc(-c2ccc(C[C@H](NC(=O)C3Cc4cc5c(cc4CN3C(=O)C3CCC3)O[C@@H](c3ccc(OCc4ccc(Cl)c(Cl)c4)cc3)C(=O)N5)C(=O)O)cc2)cc1. The second-order valence-corrected chi connectivity index (χ2v) is 15.8. The molecule has 3 amide bonds. The van der Waals surface area contributed by atoms with Gasteiger partial charge in [-0.15, -0.1) is 0 Å². The van der Waals surface area contributed by atoms with E-state index in [1.807, 2.05) is 48.5 Å². The number of nitrogens with zero attached hydrogens (tertiary/aromatic N) is 2. The lowest BCUT2D eigenvalue weighted by atomic mass is 9.82. The third kappa shape index (κ3) is 8.60. The van der Waals surface area contributed by atoms with Crippen molar-refractivity contribution in [2.45, 2.75) is 63.4 Å². The average Bonchev–Trinajstić information content (AvgIpc) is 3.22. The Hall–Kier alpha value is -6.35. The number of rotatable bonds is 11. The van der Waals surface area contributed by atoms with Crippen molar-refractivity contribution in [2.75, 3.05) is 5.32 Å². The van der Waals surface area contributed by atoms with Crippen molar-refractivity contribution in [3.8, 4) is 28.7 Å². The van der Waals surface area contributed by atoms with Crippen LogP contribution in [-0.4, -0.2) is 45.8 Å². The second-order valence-electron chi connectivity index (χ2n) is 15.0. The van der Waals surface area contributed by atoms with E-state index in [-0.39, 0.29) is 43.7 Å². The number of nitrogens with one attached hydrogen (secondary N) is 2. The van der Waals surface area contributed by atoms with Crippen LogP contribution in [0.1, 0.15) is 58.7 Å². The van der Waals surface area contributed by atoms with Crippen LogP contribution in [0, 0.1) is 17.2 Å². The van der Waals surface area contributed by atoms with E-state index in [4.69, 9.17) is 37.9 Å². The molecule has 1 fully saturated rings. The summed E-state index contributed by atoms with van der Waals surface area (Å²) in [5.74, 6) is -1.45. The molecular formula is C46H38Cl2N4O7. The predicted molar refractivity (Wildman–Crippen MR) is 221 cm³/mol. The topological polar surface area (TPSA) is 158 Å². The lowest BCUT2D eigenvalue weighted by Gasteiger charge is -2.40. The zero-order valence-electron chi connectivity index (χ0n) is 31.6. The Morgan fingerprint density at radius 2 is 1.59 bits per heavy atom. The van der Waals surface area contributed by atoms with Gasteiger partial charge in [0.1, 0.15) is 30.2 Å². The largest absolute Gasteiger partial charge is 0.489 e. The van der Waals surface area contributed by atoms with Gasteiger partial charge in [-0.3, -0.25) is 14.4 Å². The first kappa shape index (κ1) is 39.5. The van der Waals surface area contributed by atoms with Gasteiger partial charge in [-0.1, -0.05) is 84.2 Å². The quantitative estimate of drug-likeness (QED) is 0.121. The zero-order valence-corrected chi connectivity index (χ0v) is 33.1. The van der Waals surface area contributed by atoms with Gasteiger partial charge in [-0.25, -0.2) is 4.79 Å². The number of carbonyl (C=O) groups is 4. The first-order valence-corrected chi connectivity index (χ1v) is 20.0. The molecule has 3 N–H and O–H groups in total. The van der Waals surface area contributed by atoms with Crippen LogP contribution in [0.3, 0.4) is 0 Å². The Kier molecular flexibility index (Phi) is 11.3. The predicted octanol–water partition coefficient (Wildman–Crippen LogP) is 8.05. The number of aliphatic carboxylic acids is 1. The summed E-state index contributed by atoms with van der Waals surface area (Å²) in [5, 5.41) is 25.9. The minimum Gasteiger partial charge on any atom is -0.489 e. The number of carbonyl (C=O) groups excluding carboxylic acids is 3. The summed E-state index contributed by atoms with van der Waals surface area (Å²) >= 11 is 12.1. The van der Waals surface area contributed by atoms with Crippen molar-refractivity contribution in [3.63, 3.8) is 0 Å². The Morgan fingerprint density at radius 3 is 2.24 bits per heavy atom. The van der Waals surface area contributed by atoms with Gasteiger partial charge in [-0.2, -0.15) is 5.26 Å². The van der Waals surface area contributed by atoms with Crippen LogP contribution in [-0.2, 0) is 45.2 Å². The maximum Gasteiger partial charge on any atom is 0.326 e. The number of amides is 3. The molecule has 5 aromatic rings. The van der Waals surface area contributed by atoms with Gasteiger partial charge >= 0.3 is 5.97 Å². The van der Waals surface area contributed by atoms with Crippen LogP contribution in [0.4, 0.5) is 5.69 Å². The highest BCUT2D eigenvalue weighted by Gasteiger charge is 2.41. The van der Waals surface area contributed by atoms with Crippen molar-refractivity contribution in [1.29, 1.82) is 5.26 Å². The summed E-state index contributed by atoms with van der Waals surface area (Å²) < 4.78 is 12.2. The van der Waals surface area contributed by atoms with E-state index < -0.39 is 30.1 Å². The molecule has 0 radical (unpaired) electrons. The van der Waals surface area contributed by atoms with Crippen molar-refractivity contribution < 1.29 is 33.8 Å². The summed E-state index contributed by atoms with van der Waals surface area (Å²) in [7, 11) is 0. The molecule has 0 saturated heterocycles. The van der Waals surface area contributed by atoms with Crippen LogP contribution in [0.2, 0.25) is 10.0 Å². The number of carboxylic acids is 1. The number of hydrogen-bond donors (Lipinski definition) is 3. The maximum atomic E-state index is 14.0. The van der Waals surface area contributed by atoms with Gasteiger partial charge < -0.3 is 30.1 Å². The molecule has 59 heavy (non-hydrogen) atoms. The van der Waals surface area contributed by atoms with Gasteiger partial charge in [0, 0.05) is 30.9 Å². The van der Waals surface area contributed by atoms with E-state index >= 15 is 0 Å². The molecule has 1 unspecified atom stereocenters. The summed E-state index contributed by atoms with van der Waals surface area (Å²) in [6.07, 6.45) is 1.60. The third-order valence-electron chi connectivity index (χ3n) is 11.1. The normalized spacial score (nSPS) is 17.5. The van der Waals surface area contributed by atoms with Crippen LogP contribution in [0.25, 0.3) is 11.1 Å². The van der Waals surface area contributed by atoms with E-state index in [1.54, 1.807) is 59.5 Å². The number of ether oxygens (including phenoxy) is 2. The second kappa shape index (κ2) is 16.9. The summed E-state index contributed by atoms with van der Waals surface area (Å²) in [5.41, 5.74) is 6.50. The van der Waals surface area contributed by atoms with Crippen molar-refractivity contribution in [2.24, 2.45) is 5.92 Å². The smallest absolute Gasteiger partial charge is 0.326 e. The summed E-state index contributed by atoms with van der Waals surface area (Å²) in [6, 6.07) is 30.3. The van der Waals surface area contributed by atoms with Crippen LogP contribution in [0.15, 0.2) is 103 Å². The zero-order chi connectivity index (χ0) is 41.2. The Balaban J connectivity index is 0.964. The van der Waals surface area contributed by atoms with E-state index in [0.29, 0.717) is 43.9 Å². The van der Waals surface area contributed by atoms with Crippen LogP contribution >= 0.6 is 23.2 Å². The van der Waals surface area contributed by atoms with Crippen molar-refractivity contribution in [1.82, 2.24) is 10.2 Å². The first-order valence-electron chi connectivity index (χ1n) is 19.3. The molecule has 5 aromatic carbocycles. The molecule has 1 aliphatic carbocycles. The van der Waals surface area contributed by atoms with Crippen LogP contribution in [0.5, 0.6) is 11.5 Å². The lowest BCUT2D eigenvalue weighted by molar-refractivity contribution is -0.148. The van der Waals surface area contributed by atoms with Gasteiger partial charge in [0.05, 0.1) is 27.4 Å². The standard InChI is InChI=1S/C46H38Cl2N4O7/c47-36-17-8-28(18-37(36)48)25-58-35-15-13-31(14-16-35)42-44(54)50-38-20-33-21-40(52(45(55)32-2-1-3-32)24-34(33)22-41(38)59-42)43(53)51-39(46(56)57)19-26-4-9-29(10-5-26)30-11-6-27(23-49)7-12-30/h4-18,20,22,32,39-40,42H,1-3,19,21,24-25H2,(H,50,54)(H,51,53)(H,56,57)/t39-,40?,42-/m0/s1. The lowest BCUT2D eigenvalue weighted by Crippen LogP contribution is -2.57. The van der Waals surface area contributed by atoms with E-state index in [0.717, 1.165) is 47.1 Å². The highest BCUT2D eigenvalue weighted by Crippen LogP contribution is 2.41. The van der Waals surface area contributed by atoms with Crippen molar-refractivity contribution >= 4 is 52.6 Å². The first-order chi connectivity index (χ1) is 28.5. The number of anilines is 1. The number of benzene rings is 5. The minimum atomic E-state index is -1.25. The Bertz CT molecular complexity index is 2480. The van der Waals surface area contributed by atoms with E-state index in [1.165, 1.54) is 0 Å². The molecule has 1 saturated carbocycles. The van der Waals surface area contributed by atoms with E-state index in [9.17, 15) is 24.3 Å². The molecule has 2 aliphatic heterocycles. The molecule has 298 valence electrons. The number of fused-ring (bicyclic) bond motifs is 2. The molecule has 0 aromatic heterocycles. The maximum absolute atomic E-state index is 14.0. The summed E-state index contributed by atoms with van der Waals surface area (Å²) in [6.45, 7) is 0.396. The highest BCUT2D eigenvalue weighted by atomic mass is 35.5. The van der Waals surface area contributed by atoms with Gasteiger partial charge in [0.15, 0.2) is 0 Å². The molecule has 13 heteroatoms. The molecule has 11 nitrogen and oxygen atoms in total. The highest BCUT2D eigenvalue weighted by molar-refractivity contribution is 6.42. The molecular weight excluding hydrogens is 791 g/mol. The molecule has 3 aliphatic rings. The fourth-order valence-electron chi connectivity index (χ4n) is 7.57. The summed E-state index contributed by atoms with van der Waals surface area (Å²) in [4.78, 5) is 55.4. The monoisotopic (exact) mass is 828 g/mol. The molecule has 8 rings (SSSR count). The molecule has 2 heterocycles. The molecule has 3 atom stereocenters. The number of nitriles is 1. The van der Waals surface area contributed by atoms with E-state index in [2.05, 4.69) is 16.7 Å². The molecule has 0 bridgehead atoms. The van der Waals surface area contributed by atoms with Crippen LogP contribution < -0.4 is 20.1 Å². The number of hydrogen-bond acceptors (Lipinski definition) is 7. The van der Waals surface area contributed by atoms with Gasteiger partial charge in [0.2, 0.25) is 17.9 Å². The fraction of sp³-hybridized carbons (Fsp3) is 0.239.